The fourth-order valence-electron chi connectivity index (χ4n) is 2.52. The van der Waals surface area contributed by atoms with Gasteiger partial charge in [-0.2, -0.15) is 4.98 Å². The van der Waals surface area contributed by atoms with Crippen LogP contribution in [0.15, 0.2) is 47.0 Å². The highest BCUT2D eigenvalue weighted by atomic mass is 19.1. The summed E-state index contributed by atoms with van der Waals surface area (Å²) in [6, 6.07) is 11.6. The summed E-state index contributed by atoms with van der Waals surface area (Å²) >= 11 is 0. The van der Waals surface area contributed by atoms with Gasteiger partial charge in [0.2, 0.25) is 11.8 Å². The van der Waals surface area contributed by atoms with Crippen molar-refractivity contribution in [2.75, 3.05) is 17.7 Å². The fourth-order valence-corrected chi connectivity index (χ4v) is 2.52. The summed E-state index contributed by atoms with van der Waals surface area (Å²) in [5.41, 5.74) is 2.11. The molecule has 0 aliphatic heterocycles. The number of ether oxygens (including phenoxy) is 1. The predicted molar refractivity (Wildman–Crippen MR) is 98.1 cm³/mol. The standard InChI is InChI=1S/C19H19FN4O3/c1-12-9-13(20)7-8-14(12)21-11-19-23-17(24-27-19)10-18(25)22-15-5-3-4-6-16(15)26-2/h3-9,21H,10-11H2,1-2H3,(H,22,25). The Hall–Kier alpha value is -3.42. The zero-order valence-corrected chi connectivity index (χ0v) is 15.0. The van der Waals surface area contributed by atoms with E-state index >= 15 is 0 Å². The van der Waals surface area contributed by atoms with E-state index < -0.39 is 0 Å². The molecule has 7 nitrogen and oxygen atoms in total. The smallest absolute Gasteiger partial charge is 0.245 e. The van der Waals surface area contributed by atoms with E-state index in [0.717, 1.165) is 11.3 Å². The average molecular weight is 370 g/mol. The van der Waals surface area contributed by atoms with Crippen molar-refractivity contribution in [3.8, 4) is 5.75 Å². The van der Waals surface area contributed by atoms with Crippen molar-refractivity contribution in [3.63, 3.8) is 0 Å². The molecule has 1 heterocycles. The lowest BCUT2D eigenvalue weighted by Crippen LogP contribution is -2.15. The normalized spacial score (nSPS) is 10.5. The number of nitrogens with one attached hydrogen (secondary N) is 2. The third kappa shape index (κ3) is 4.81. The first kappa shape index (κ1) is 18.4. The summed E-state index contributed by atoms with van der Waals surface area (Å²) in [4.78, 5) is 16.4. The van der Waals surface area contributed by atoms with Gasteiger partial charge in [0.15, 0.2) is 5.82 Å². The lowest BCUT2D eigenvalue weighted by Gasteiger charge is -2.08. The lowest BCUT2D eigenvalue weighted by molar-refractivity contribution is -0.115. The SMILES string of the molecule is COc1ccccc1NC(=O)Cc1noc(CNc2ccc(F)cc2C)n1. The maximum atomic E-state index is 13.1. The summed E-state index contributed by atoms with van der Waals surface area (Å²) in [7, 11) is 1.53. The van der Waals surface area contributed by atoms with Crippen LogP contribution in [0.2, 0.25) is 0 Å². The van der Waals surface area contributed by atoms with Crippen molar-refractivity contribution >= 4 is 17.3 Å². The number of rotatable bonds is 7. The van der Waals surface area contributed by atoms with Crippen LogP contribution in [0.4, 0.5) is 15.8 Å². The second kappa shape index (κ2) is 8.31. The molecule has 0 aliphatic carbocycles. The van der Waals surface area contributed by atoms with Gasteiger partial charge in [0.1, 0.15) is 11.6 Å². The first-order valence-electron chi connectivity index (χ1n) is 8.29. The molecule has 1 amide bonds. The first-order chi connectivity index (χ1) is 13.0. The molecule has 8 heteroatoms. The van der Waals surface area contributed by atoms with Crippen LogP contribution in [-0.2, 0) is 17.8 Å². The minimum Gasteiger partial charge on any atom is -0.495 e. The van der Waals surface area contributed by atoms with Crippen LogP contribution in [0.1, 0.15) is 17.3 Å². The number of hydrogen-bond donors (Lipinski definition) is 2. The largest absolute Gasteiger partial charge is 0.495 e. The minimum atomic E-state index is -0.292. The molecule has 0 unspecified atom stereocenters. The van der Waals surface area contributed by atoms with Crippen molar-refractivity contribution < 1.29 is 18.4 Å². The van der Waals surface area contributed by atoms with Gasteiger partial charge in [-0.25, -0.2) is 4.39 Å². The molecule has 0 saturated carbocycles. The Bertz CT molecular complexity index is 942. The van der Waals surface area contributed by atoms with Crippen LogP contribution in [0.3, 0.4) is 0 Å². The van der Waals surface area contributed by atoms with Crippen LogP contribution in [-0.4, -0.2) is 23.2 Å². The average Bonchev–Trinajstić information content (AvgIpc) is 3.08. The van der Waals surface area contributed by atoms with Gasteiger partial charge in [0.05, 0.1) is 25.8 Å². The highest BCUT2D eigenvalue weighted by molar-refractivity contribution is 5.93. The molecule has 0 spiro atoms. The number of carbonyl (C=O) groups is 1. The second-order valence-electron chi connectivity index (χ2n) is 5.84. The summed E-state index contributed by atoms with van der Waals surface area (Å²) in [6.07, 6.45) is -0.0306. The van der Waals surface area contributed by atoms with E-state index in [4.69, 9.17) is 9.26 Å². The number of aryl methyl sites for hydroxylation is 1. The Labute approximate surface area is 155 Å². The number of benzene rings is 2. The maximum Gasteiger partial charge on any atom is 0.245 e. The Morgan fingerprint density at radius 3 is 2.81 bits per heavy atom. The zero-order chi connectivity index (χ0) is 19.2. The summed E-state index contributed by atoms with van der Waals surface area (Å²) in [6.45, 7) is 2.07. The number of methoxy groups -OCH3 is 1. The Balaban J connectivity index is 1.56. The van der Waals surface area contributed by atoms with Crippen LogP contribution in [0, 0.1) is 12.7 Å². The molecule has 1 aromatic heterocycles. The van der Waals surface area contributed by atoms with Crippen LogP contribution in [0.5, 0.6) is 5.75 Å². The Morgan fingerprint density at radius 1 is 1.22 bits per heavy atom. The highest BCUT2D eigenvalue weighted by Crippen LogP contribution is 2.23. The van der Waals surface area contributed by atoms with Crippen molar-refractivity contribution in [2.45, 2.75) is 19.9 Å². The third-order valence-electron chi connectivity index (χ3n) is 3.83. The molecule has 0 bridgehead atoms. The van der Waals surface area contributed by atoms with E-state index in [0.29, 0.717) is 17.3 Å². The van der Waals surface area contributed by atoms with Crippen molar-refractivity contribution in [1.82, 2.24) is 10.1 Å². The number of hydrogen-bond acceptors (Lipinski definition) is 6. The van der Waals surface area contributed by atoms with E-state index in [9.17, 15) is 9.18 Å². The van der Waals surface area contributed by atoms with E-state index in [2.05, 4.69) is 20.8 Å². The van der Waals surface area contributed by atoms with Gasteiger partial charge in [-0.1, -0.05) is 17.3 Å². The summed E-state index contributed by atoms with van der Waals surface area (Å²) in [5, 5.41) is 9.66. The third-order valence-corrected chi connectivity index (χ3v) is 3.83. The predicted octanol–water partition coefficient (Wildman–Crippen LogP) is 3.32. The highest BCUT2D eigenvalue weighted by Gasteiger charge is 2.13. The van der Waals surface area contributed by atoms with Gasteiger partial charge in [-0.15, -0.1) is 0 Å². The van der Waals surface area contributed by atoms with Gasteiger partial charge in [-0.3, -0.25) is 4.79 Å². The number of halogens is 1. The van der Waals surface area contributed by atoms with Gasteiger partial charge in [-0.05, 0) is 42.8 Å². The van der Waals surface area contributed by atoms with Crippen LogP contribution in [0.25, 0.3) is 0 Å². The molecule has 0 aliphatic rings. The lowest BCUT2D eigenvalue weighted by atomic mass is 10.2. The molecule has 27 heavy (non-hydrogen) atoms. The van der Waals surface area contributed by atoms with Gasteiger partial charge in [0, 0.05) is 5.69 Å². The Kier molecular flexibility index (Phi) is 5.65. The minimum absolute atomic E-state index is 0.0306. The van der Waals surface area contributed by atoms with Gasteiger partial charge >= 0.3 is 0 Å². The quantitative estimate of drug-likeness (QED) is 0.663. The number of nitrogens with zero attached hydrogens (tertiary/aromatic N) is 2. The number of carbonyl (C=O) groups excluding carboxylic acids is 1. The molecule has 0 fully saturated rings. The molecule has 2 N–H and O–H groups in total. The molecule has 140 valence electrons. The molecular weight excluding hydrogens is 351 g/mol. The van der Waals surface area contributed by atoms with Crippen LogP contribution >= 0.6 is 0 Å². The fraction of sp³-hybridized carbons (Fsp3) is 0.211. The summed E-state index contributed by atoms with van der Waals surface area (Å²) < 4.78 is 23.5. The van der Waals surface area contributed by atoms with E-state index in [1.54, 1.807) is 31.2 Å². The number of amides is 1. The molecule has 0 atom stereocenters. The van der Waals surface area contributed by atoms with E-state index in [1.165, 1.54) is 19.2 Å². The number of aromatic nitrogens is 2. The van der Waals surface area contributed by atoms with Gasteiger partial charge < -0.3 is 19.9 Å². The van der Waals surface area contributed by atoms with E-state index in [-0.39, 0.29) is 30.5 Å². The first-order valence-corrected chi connectivity index (χ1v) is 8.29. The zero-order valence-electron chi connectivity index (χ0n) is 15.0. The molecule has 0 radical (unpaired) electrons. The number of anilines is 2. The molecule has 3 rings (SSSR count). The second-order valence-corrected chi connectivity index (χ2v) is 5.84. The monoisotopic (exact) mass is 370 g/mol. The van der Waals surface area contributed by atoms with Crippen molar-refractivity contribution in [2.24, 2.45) is 0 Å². The van der Waals surface area contributed by atoms with Crippen LogP contribution < -0.4 is 15.4 Å². The molecule has 3 aromatic rings. The number of para-hydroxylation sites is 2. The van der Waals surface area contributed by atoms with Gasteiger partial charge in [0.25, 0.3) is 0 Å². The molecular formula is C19H19FN4O3. The van der Waals surface area contributed by atoms with Crippen molar-refractivity contribution in [1.29, 1.82) is 0 Å². The molecule has 0 saturated heterocycles. The Morgan fingerprint density at radius 2 is 2.04 bits per heavy atom. The van der Waals surface area contributed by atoms with Crippen molar-refractivity contribution in [3.05, 3.63) is 65.6 Å². The molecule has 2 aromatic carbocycles. The maximum absolute atomic E-state index is 13.1. The van der Waals surface area contributed by atoms with E-state index in [1.807, 2.05) is 6.07 Å². The topological polar surface area (TPSA) is 89.3 Å². The summed E-state index contributed by atoms with van der Waals surface area (Å²) in [5.74, 6) is 0.598.